The van der Waals surface area contributed by atoms with E-state index in [1.54, 1.807) is 0 Å². The maximum atomic E-state index is 10.2. The van der Waals surface area contributed by atoms with Crippen LogP contribution in [0.2, 0.25) is 0 Å². The number of carbonyl (C=O) groups is 6. The second kappa shape index (κ2) is 27.5. The molecule has 0 aromatic heterocycles. The molecule has 0 saturated heterocycles. The van der Waals surface area contributed by atoms with Crippen LogP contribution in [0.15, 0.2) is 0 Å². The standard InChI is InChI=1S/C6H14N4O2.C6H14N2O2.C5H9NO4.C4H7NO4/c7-4(5(11)12)2-1-3-10-6(8)9;7-4-2-1-3-5(8)6(9)10;6-3(5(9)10)1-2-4(7)8;5-2(4(8)9)1-3(6)7/h4H,1-3,7H2,(H,11,12)(H4,8,9,10);5H,1-4,7-8H2,(H,9,10);3H,1-2,6H2,(H,7,8)(H,9,10);2H,1,5H2,(H,6,7)(H,8,9). The van der Waals surface area contributed by atoms with Crippen LogP contribution in [0.4, 0.5) is 0 Å². The summed E-state index contributed by atoms with van der Waals surface area (Å²) in [5, 5.41) is 58.3. The van der Waals surface area contributed by atoms with E-state index >= 15 is 0 Å². The fraction of sp³-hybridized carbons (Fsp3) is 0.667. The fourth-order valence-corrected chi connectivity index (χ4v) is 1.98. The summed E-state index contributed by atoms with van der Waals surface area (Å²) in [7, 11) is 0. The molecule has 20 N–H and O–H groups in total. The van der Waals surface area contributed by atoms with E-state index < -0.39 is 66.4 Å². The first kappa shape index (κ1) is 43.9. The van der Waals surface area contributed by atoms with E-state index in [-0.39, 0.29) is 18.8 Å². The predicted octanol–water partition coefficient (Wildman–Crippen LogP) is -3.68. The van der Waals surface area contributed by atoms with E-state index in [0.717, 1.165) is 12.8 Å². The molecule has 20 heteroatoms. The lowest BCUT2D eigenvalue weighted by atomic mass is 10.1. The van der Waals surface area contributed by atoms with Gasteiger partial charge in [0.15, 0.2) is 5.96 Å². The zero-order chi connectivity index (χ0) is 33.1. The third-order valence-electron chi connectivity index (χ3n) is 4.31. The summed E-state index contributed by atoms with van der Waals surface area (Å²) in [6, 6.07) is -3.89. The van der Waals surface area contributed by atoms with E-state index in [1.807, 2.05) is 0 Å². The van der Waals surface area contributed by atoms with E-state index in [4.69, 9.17) is 70.5 Å². The Morgan fingerprint density at radius 2 is 1.00 bits per heavy atom. The largest absolute Gasteiger partial charge is 0.481 e. The third-order valence-corrected chi connectivity index (χ3v) is 4.31. The number of guanidine groups is 1. The van der Waals surface area contributed by atoms with Crippen molar-refractivity contribution in [3.8, 4) is 0 Å². The average molecular weight is 601 g/mol. The summed E-state index contributed by atoms with van der Waals surface area (Å²) in [5.41, 5.74) is 30.5. The molecule has 41 heavy (non-hydrogen) atoms. The van der Waals surface area contributed by atoms with Crippen LogP contribution in [-0.2, 0) is 28.8 Å². The number of aliphatic carboxylic acids is 6. The highest BCUT2D eigenvalue weighted by atomic mass is 16.4. The smallest absolute Gasteiger partial charge is 0.321 e. The number of hydrogen-bond acceptors (Lipinski definition) is 12. The van der Waals surface area contributed by atoms with Gasteiger partial charge < -0.3 is 70.4 Å². The average Bonchev–Trinajstić information content (AvgIpc) is 2.85. The maximum absolute atomic E-state index is 10.2. The van der Waals surface area contributed by atoms with Crippen LogP contribution in [0.5, 0.6) is 0 Å². The highest BCUT2D eigenvalue weighted by Crippen LogP contribution is 1.97. The number of rotatable bonds is 17. The molecule has 0 amide bonds. The Bertz CT molecular complexity index is 815. The van der Waals surface area contributed by atoms with Gasteiger partial charge in [0.25, 0.3) is 0 Å². The molecular weight excluding hydrogens is 556 g/mol. The van der Waals surface area contributed by atoms with Gasteiger partial charge in [0, 0.05) is 13.0 Å². The van der Waals surface area contributed by atoms with E-state index in [2.05, 4.69) is 5.32 Å². The van der Waals surface area contributed by atoms with Crippen molar-refractivity contribution >= 4 is 41.8 Å². The van der Waals surface area contributed by atoms with Crippen molar-refractivity contribution in [2.75, 3.05) is 13.1 Å². The summed E-state index contributed by atoms with van der Waals surface area (Å²) in [4.78, 5) is 59.8. The monoisotopic (exact) mass is 600 g/mol. The molecule has 240 valence electrons. The van der Waals surface area contributed by atoms with Gasteiger partial charge in [0.05, 0.1) is 6.42 Å². The summed E-state index contributed by atoms with van der Waals surface area (Å²) in [6.07, 6.45) is 2.38. The summed E-state index contributed by atoms with van der Waals surface area (Å²) in [6.45, 7) is 1.09. The van der Waals surface area contributed by atoms with Crippen LogP contribution in [0, 0.1) is 5.41 Å². The second-order valence-corrected chi connectivity index (χ2v) is 8.08. The lowest BCUT2D eigenvalue weighted by Gasteiger charge is -2.06. The van der Waals surface area contributed by atoms with Gasteiger partial charge in [-0.05, 0) is 38.6 Å². The highest BCUT2D eigenvalue weighted by Gasteiger charge is 2.14. The Morgan fingerprint density at radius 3 is 1.29 bits per heavy atom. The van der Waals surface area contributed by atoms with Crippen molar-refractivity contribution in [1.82, 2.24) is 5.32 Å². The molecule has 4 atom stereocenters. The Morgan fingerprint density at radius 1 is 0.610 bits per heavy atom. The molecule has 0 aromatic rings. The number of unbranched alkanes of at least 4 members (excludes halogenated alkanes) is 1. The molecule has 0 saturated carbocycles. The second-order valence-electron chi connectivity index (χ2n) is 8.08. The van der Waals surface area contributed by atoms with Crippen LogP contribution in [0.1, 0.15) is 51.4 Å². The number of carboxylic acid groups (broad SMARTS) is 6. The quantitative estimate of drug-likeness (QED) is 0.0434. The minimum atomic E-state index is -1.29. The molecule has 0 spiro atoms. The van der Waals surface area contributed by atoms with E-state index in [0.29, 0.717) is 32.4 Å². The normalized spacial score (nSPS) is 12.5. The highest BCUT2D eigenvalue weighted by molar-refractivity contribution is 5.80. The van der Waals surface area contributed by atoms with Crippen molar-refractivity contribution in [1.29, 1.82) is 5.41 Å². The van der Waals surface area contributed by atoms with E-state index in [9.17, 15) is 28.8 Å². The van der Waals surface area contributed by atoms with Crippen LogP contribution in [0.25, 0.3) is 0 Å². The predicted molar refractivity (Wildman–Crippen MR) is 144 cm³/mol. The fourth-order valence-electron chi connectivity index (χ4n) is 1.98. The molecule has 0 bridgehead atoms. The Hall–Kier alpha value is -4.11. The minimum Gasteiger partial charge on any atom is -0.481 e. The molecule has 4 unspecified atom stereocenters. The number of nitrogens with two attached hydrogens (primary N) is 6. The van der Waals surface area contributed by atoms with Crippen LogP contribution >= 0.6 is 0 Å². The molecular formula is C21H44N8O12. The number of nitrogens with one attached hydrogen (secondary N) is 2. The Labute approximate surface area is 235 Å². The lowest BCUT2D eigenvalue weighted by molar-refractivity contribution is -0.144. The lowest BCUT2D eigenvalue weighted by Crippen LogP contribution is -2.34. The van der Waals surface area contributed by atoms with Gasteiger partial charge in [-0.2, -0.15) is 0 Å². The summed E-state index contributed by atoms with van der Waals surface area (Å²) >= 11 is 0. The minimum absolute atomic E-state index is 0.0231. The first-order valence-corrected chi connectivity index (χ1v) is 11.9. The van der Waals surface area contributed by atoms with Gasteiger partial charge in [0.2, 0.25) is 0 Å². The van der Waals surface area contributed by atoms with Crippen molar-refractivity contribution in [3.63, 3.8) is 0 Å². The molecule has 0 heterocycles. The van der Waals surface area contributed by atoms with Crippen LogP contribution < -0.4 is 39.7 Å². The van der Waals surface area contributed by atoms with Crippen molar-refractivity contribution < 1.29 is 59.4 Å². The van der Waals surface area contributed by atoms with E-state index in [1.165, 1.54) is 0 Å². The number of hydrogen-bond donors (Lipinski definition) is 14. The van der Waals surface area contributed by atoms with Crippen LogP contribution in [-0.4, -0.2) is 110 Å². The zero-order valence-corrected chi connectivity index (χ0v) is 22.5. The summed E-state index contributed by atoms with van der Waals surface area (Å²) < 4.78 is 0. The molecule has 0 radical (unpaired) electrons. The van der Waals surface area contributed by atoms with Gasteiger partial charge >= 0.3 is 35.8 Å². The van der Waals surface area contributed by atoms with Crippen molar-refractivity contribution in [2.24, 2.45) is 34.4 Å². The molecule has 0 aliphatic heterocycles. The molecule has 0 aliphatic rings. The third kappa shape index (κ3) is 38.1. The molecule has 0 fully saturated rings. The van der Waals surface area contributed by atoms with Gasteiger partial charge in [-0.3, -0.25) is 34.2 Å². The first-order valence-electron chi connectivity index (χ1n) is 11.9. The molecule has 0 aromatic carbocycles. The van der Waals surface area contributed by atoms with Crippen LogP contribution in [0.3, 0.4) is 0 Å². The van der Waals surface area contributed by atoms with Crippen molar-refractivity contribution in [2.45, 2.75) is 75.5 Å². The maximum Gasteiger partial charge on any atom is 0.321 e. The zero-order valence-electron chi connectivity index (χ0n) is 22.5. The van der Waals surface area contributed by atoms with Gasteiger partial charge in [-0.15, -0.1) is 0 Å². The summed E-state index contributed by atoms with van der Waals surface area (Å²) in [5.74, 6) is -6.74. The molecule has 0 rings (SSSR count). The topological polar surface area (TPSA) is 416 Å². The SMILES string of the molecule is N=C(N)NCCCC(N)C(=O)O.NC(CC(=O)O)C(=O)O.NC(CCC(=O)O)C(=O)O.NCCCCC(N)C(=O)O. The van der Waals surface area contributed by atoms with Crippen molar-refractivity contribution in [3.05, 3.63) is 0 Å². The van der Waals surface area contributed by atoms with Gasteiger partial charge in [-0.1, -0.05) is 6.42 Å². The Balaban J connectivity index is -0.000000224. The number of carboxylic acids is 6. The van der Waals surface area contributed by atoms with Gasteiger partial charge in [-0.25, -0.2) is 0 Å². The molecule has 0 aliphatic carbocycles. The first-order chi connectivity index (χ1) is 18.8. The molecule has 20 nitrogen and oxygen atoms in total. The van der Waals surface area contributed by atoms with Gasteiger partial charge in [0.1, 0.15) is 24.2 Å². The Kier molecular flexibility index (Phi) is 29.4.